The van der Waals surface area contributed by atoms with Crippen LogP contribution in [0.15, 0.2) is 24.3 Å². The molecule has 6 heteroatoms. The van der Waals surface area contributed by atoms with Crippen molar-refractivity contribution in [3.05, 3.63) is 29.8 Å². The third-order valence-electron chi connectivity index (χ3n) is 2.85. The Morgan fingerprint density at radius 3 is 3.00 bits per heavy atom. The van der Waals surface area contributed by atoms with Crippen LogP contribution in [0.4, 0.5) is 10.5 Å². The van der Waals surface area contributed by atoms with Crippen molar-refractivity contribution in [1.82, 2.24) is 10.6 Å². The quantitative estimate of drug-likeness (QED) is 0.737. The van der Waals surface area contributed by atoms with E-state index < -0.39 is 0 Å². The number of amides is 3. The predicted octanol–water partition coefficient (Wildman–Crippen LogP) is 0.958. The van der Waals surface area contributed by atoms with E-state index in [4.69, 9.17) is 5.26 Å². The molecule has 1 aromatic rings. The van der Waals surface area contributed by atoms with Crippen molar-refractivity contribution in [2.75, 3.05) is 11.9 Å². The normalized spacial score (nSPS) is 18.1. The summed E-state index contributed by atoms with van der Waals surface area (Å²) in [4.78, 5) is 22.7. The van der Waals surface area contributed by atoms with Crippen LogP contribution in [0.5, 0.6) is 0 Å². The van der Waals surface area contributed by atoms with Crippen LogP contribution in [0.3, 0.4) is 0 Å². The minimum atomic E-state index is -0.337. The third kappa shape index (κ3) is 3.71. The standard InChI is InChI=1S/C13H14N4O2/c14-7-9-2-1-3-10(6-9)16-13(19)17-11-4-5-12(18)15-8-11/h1-3,6,11H,4-5,8H2,(H,15,18)(H2,16,17,19). The number of carbonyl (C=O) groups is 2. The highest BCUT2D eigenvalue weighted by molar-refractivity contribution is 5.89. The Bertz CT molecular complexity index is 526. The topological polar surface area (TPSA) is 94.0 Å². The van der Waals surface area contributed by atoms with Crippen LogP contribution in [0, 0.1) is 11.3 Å². The first kappa shape index (κ1) is 12.9. The van der Waals surface area contributed by atoms with Gasteiger partial charge in [0.2, 0.25) is 5.91 Å². The number of piperidine rings is 1. The van der Waals surface area contributed by atoms with Gasteiger partial charge in [-0.2, -0.15) is 5.26 Å². The first-order valence-electron chi connectivity index (χ1n) is 6.02. The van der Waals surface area contributed by atoms with Gasteiger partial charge in [0.05, 0.1) is 11.6 Å². The summed E-state index contributed by atoms with van der Waals surface area (Å²) in [5, 5.41) is 16.9. The molecule has 19 heavy (non-hydrogen) atoms. The molecule has 0 radical (unpaired) electrons. The fraction of sp³-hybridized carbons (Fsp3) is 0.308. The number of urea groups is 1. The molecular weight excluding hydrogens is 244 g/mol. The summed E-state index contributed by atoms with van der Waals surface area (Å²) < 4.78 is 0. The maximum absolute atomic E-state index is 11.7. The molecule has 1 unspecified atom stereocenters. The molecule has 6 nitrogen and oxygen atoms in total. The molecule has 3 N–H and O–H groups in total. The van der Waals surface area contributed by atoms with Crippen LogP contribution in [-0.4, -0.2) is 24.5 Å². The number of hydrogen-bond donors (Lipinski definition) is 3. The van der Waals surface area contributed by atoms with Crippen molar-refractivity contribution >= 4 is 17.6 Å². The van der Waals surface area contributed by atoms with Crippen molar-refractivity contribution < 1.29 is 9.59 Å². The molecule has 0 spiro atoms. The average Bonchev–Trinajstić information content (AvgIpc) is 2.41. The van der Waals surface area contributed by atoms with Crippen LogP contribution in [-0.2, 0) is 4.79 Å². The van der Waals surface area contributed by atoms with Crippen LogP contribution in [0.25, 0.3) is 0 Å². The second kappa shape index (κ2) is 5.87. The Hall–Kier alpha value is -2.55. The molecule has 0 saturated carbocycles. The van der Waals surface area contributed by atoms with Gasteiger partial charge in [0, 0.05) is 24.7 Å². The number of nitrogens with zero attached hydrogens (tertiary/aromatic N) is 1. The third-order valence-corrected chi connectivity index (χ3v) is 2.85. The smallest absolute Gasteiger partial charge is 0.319 e. The Labute approximate surface area is 110 Å². The van der Waals surface area contributed by atoms with Crippen molar-refractivity contribution in [1.29, 1.82) is 5.26 Å². The second-order valence-corrected chi connectivity index (χ2v) is 4.33. The number of nitriles is 1. The summed E-state index contributed by atoms with van der Waals surface area (Å²) in [5.74, 6) is 0.0141. The van der Waals surface area contributed by atoms with E-state index in [1.165, 1.54) is 0 Å². The molecule has 98 valence electrons. The van der Waals surface area contributed by atoms with E-state index >= 15 is 0 Å². The van der Waals surface area contributed by atoms with Crippen LogP contribution in [0.1, 0.15) is 18.4 Å². The lowest BCUT2D eigenvalue weighted by atomic mass is 10.1. The van der Waals surface area contributed by atoms with Crippen LogP contribution >= 0.6 is 0 Å². The van der Waals surface area contributed by atoms with E-state index in [0.717, 1.165) is 0 Å². The minimum Gasteiger partial charge on any atom is -0.354 e. The fourth-order valence-corrected chi connectivity index (χ4v) is 1.88. The van der Waals surface area contributed by atoms with Gasteiger partial charge in [0.15, 0.2) is 0 Å². The van der Waals surface area contributed by atoms with Crippen molar-refractivity contribution in [3.8, 4) is 6.07 Å². The maximum Gasteiger partial charge on any atom is 0.319 e. The monoisotopic (exact) mass is 258 g/mol. The van der Waals surface area contributed by atoms with Gasteiger partial charge in [-0.15, -0.1) is 0 Å². The van der Waals surface area contributed by atoms with Crippen LogP contribution < -0.4 is 16.0 Å². The molecule has 1 aliphatic rings. The van der Waals surface area contributed by atoms with Gasteiger partial charge in [-0.3, -0.25) is 4.79 Å². The van der Waals surface area contributed by atoms with E-state index in [1.54, 1.807) is 24.3 Å². The van der Waals surface area contributed by atoms with Crippen molar-refractivity contribution in [3.63, 3.8) is 0 Å². The Morgan fingerprint density at radius 2 is 2.32 bits per heavy atom. The lowest BCUT2D eigenvalue weighted by Crippen LogP contribution is -2.48. The largest absolute Gasteiger partial charge is 0.354 e. The zero-order chi connectivity index (χ0) is 13.7. The molecule has 1 aromatic carbocycles. The van der Waals surface area contributed by atoms with Gasteiger partial charge < -0.3 is 16.0 Å². The number of nitrogens with one attached hydrogen (secondary N) is 3. The summed E-state index contributed by atoms with van der Waals surface area (Å²) in [5.41, 5.74) is 1.05. The highest BCUT2D eigenvalue weighted by atomic mass is 16.2. The molecule has 0 aliphatic carbocycles. The molecule has 3 amide bonds. The molecule has 1 aliphatic heterocycles. The highest BCUT2D eigenvalue weighted by Gasteiger charge is 2.19. The van der Waals surface area contributed by atoms with Gasteiger partial charge in [0.1, 0.15) is 0 Å². The summed E-state index contributed by atoms with van der Waals surface area (Å²) in [6.07, 6.45) is 1.06. The van der Waals surface area contributed by atoms with E-state index in [-0.39, 0.29) is 18.0 Å². The summed E-state index contributed by atoms with van der Waals surface area (Å²) in [6.45, 7) is 0.449. The van der Waals surface area contributed by atoms with Gasteiger partial charge in [-0.1, -0.05) is 6.07 Å². The summed E-state index contributed by atoms with van der Waals surface area (Å²) in [6, 6.07) is 8.29. The minimum absolute atomic E-state index is 0.0141. The number of anilines is 1. The molecular formula is C13H14N4O2. The average molecular weight is 258 g/mol. The van der Waals surface area contributed by atoms with E-state index in [1.807, 2.05) is 6.07 Å². The Kier molecular flexibility index (Phi) is 3.98. The lowest BCUT2D eigenvalue weighted by molar-refractivity contribution is -0.122. The molecule has 1 heterocycles. The first-order chi connectivity index (χ1) is 9.17. The SMILES string of the molecule is N#Cc1cccc(NC(=O)NC2CCC(=O)NC2)c1. The van der Waals surface area contributed by atoms with Gasteiger partial charge in [-0.25, -0.2) is 4.79 Å². The highest BCUT2D eigenvalue weighted by Crippen LogP contribution is 2.10. The Morgan fingerprint density at radius 1 is 1.47 bits per heavy atom. The van der Waals surface area contributed by atoms with Crippen molar-refractivity contribution in [2.45, 2.75) is 18.9 Å². The zero-order valence-corrected chi connectivity index (χ0v) is 10.3. The molecule has 0 aromatic heterocycles. The number of hydrogen-bond acceptors (Lipinski definition) is 3. The molecule has 1 saturated heterocycles. The van der Waals surface area contributed by atoms with Gasteiger partial charge in [0.25, 0.3) is 0 Å². The molecule has 1 atom stereocenters. The summed E-state index contributed by atoms with van der Waals surface area (Å²) >= 11 is 0. The lowest BCUT2D eigenvalue weighted by Gasteiger charge is -2.23. The van der Waals surface area contributed by atoms with E-state index in [9.17, 15) is 9.59 Å². The number of rotatable bonds is 2. The van der Waals surface area contributed by atoms with E-state index in [2.05, 4.69) is 16.0 Å². The zero-order valence-electron chi connectivity index (χ0n) is 10.3. The number of carbonyl (C=O) groups excluding carboxylic acids is 2. The number of benzene rings is 1. The molecule has 0 bridgehead atoms. The summed E-state index contributed by atoms with van der Waals surface area (Å²) in [7, 11) is 0. The fourth-order valence-electron chi connectivity index (χ4n) is 1.88. The van der Waals surface area contributed by atoms with Gasteiger partial charge in [-0.05, 0) is 24.6 Å². The maximum atomic E-state index is 11.7. The molecule has 1 fully saturated rings. The van der Waals surface area contributed by atoms with Gasteiger partial charge >= 0.3 is 6.03 Å². The second-order valence-electron chi connectivity index (χ2n) is 4.33. The first-order valence-corrected chi connectivity index (χ1v) is 6.02. The predicted molar refractivity (Wildman–Crippen MR) is 69.3 cm³/mol. The molecule has 2 rings (SSSR count). The van der Waals surface area contributed by atoms with Crippen molar-refractivity contribution in [2.24, 2.45) is 0 Å². The van der Waals surface area contributed by atoms with E-state index in [0.29, 0.717) is 30.6 Å². The Balaban J connectivity index is 1.87. The van der Waals surface area contributed by atoms with Crippen LogP contribution in [0.2, 0.25) is 0 Å².